The molecule has 2 rings (SSSR count). The number of aromatic nitrogens is 2. The van der Waals surface area contributed by atoms with Crippen molar-refractivity contribution in [2.24, 2.45) is 0 Å². The largest absolute Gasteiger partial charge is 0.321 e. The van der Waals surface area contributed by atoms with Gasteiger partial charge < -0.3 is 5.32 Å². The molecule has 2 aromatic rings. The summed E-state index contributed by atoms with van der Waals surface area (Å²) >= 11 is 1.08. The van der Waals surface area contributed by atoms with Crippen LogP contribution in [0.1, 0.15) is 15.2 Å². The Balaban J connectivity index is 2.13. The van der Waals surface area contributed by atoms with Crippen molar-refractivity contribution in [2.45, 2.75) is 6.92 Å². The minimum atomic E-state index is -0.171. The van der Waals surface area contributed by atoms with Crippen LogP contribution in [0.15, 0.2) is 30.5 Å². The molecule has 0 radical (unpaired) electrons. The Hall–Kier alpha value is -1.75. The Kier molecular flexibility index (Phi) is 2.73. The second kappa shape index (κ2) is 4.18. The maximum absolute atomic E-state index is 11.6. The molecule has 0 bridgehead atoms. The van der Waals surface area contributed by atoms with E-state index in [9.17, 15) is 4.79 Å². The van der Waals surface area contributed by atoms with E-state index in [2.05, 4.69) is 14.9 Å². The van der Waals surface area contributed by atoms with Gasteiger partial charge in [0.2, 0.25) is 0 Å². The molecule has 5 heteroatoms. The number of rotatable bonds is 2. The molecule has 0 unspecified atom stereocenters. The fourth-order valence-electron chi connectivity index (χ4n) is 1.18. The zero-order valence-electron chi connectivity index (χ0n) is 8.10. The molecule has 4 nitrogen and oxygen atoms in total. The predicted octanol–water partition coefficient (Wildman–Crippen LogP) is 2.10. The Morgan fingerprint density at radius 1 is 1.47 bits per heavy atom. The summed E-state index contributed by atoms with van der Waals surface area (Å²) in [6.45, 7) is 1.98. The Bertz CT molecular complexity index is 467. The van der Waals surface area contributed by atoms with E-state index >= 15 is 0 Å². The van der Waals surface area contributed by atoms with E-state index in [1.807, 2.05) is 31.2 Å². The van der Waals surface area contributed by atoms with Gasteiger partial charge in [0.1, 0.15) is 4.88 Å². The summed E-state index contributed by atoms with van der Waals surface area (Å²) in [5.41, 5.74) is 1.89. The number of carbonyl (C=O) groups excluding carboxylic acids is 1. The molecule has 0 saturated heterocycles. The van der Waals surface area contributed by atoms with Gasteiger partial charge in [0.15, 0.2) is 0 Å². The van der Waals surface area contributed by atoms with Crippen LogP contribution in [-0.4, -0.2) is 15.5 Å². The first-order valence-electron chi connectivity index (χ1n) is 4.41. The van der Waals surface area contributed by atoms with Crippen molar-refractivity contribution in [3.63, 3.8) is 0 Å². The highest BCUT2D eigenvalue weighted by molar-refractivity contribution is 7.07. The molecular formula is C10H9N3OS. The maximum Gasteiger partial charge on any atom is 0.269 e. The summed E-state index contributed by atoms with van der Waals surface area (Å²) in [7, 11) is 0. The first-order chi connectivity index (χ1) is 7.25. The van der Waals surface area contributed by atoms with Crippen molar-refractivity contribution in [1.82, 2.24) is 9.59 Å². The second-order valence-corrected chi connectivity index (χ2v) is 3.89. The van der Waals surface area contributed by atoms with E-state index < -0.39 is 0 Å². The molecular weight excluding hydrogens is 210 g/mol. The summed E-state index contributed by atoms with van der Waals surface area (Å²) in [6.07, 6.45) is 1.45. The van der Waals surface area contributed by atoms with Crippen molar-refractivity contribution in [3.05, 3.63) is 40.9 Å². The van der Waals surface area contributed by atoms with Crippen LogP contribution in [0.2, 0.25) is 0 Å². The molecule has 0 aliphatic rings. The lowest BCUT2D eigenvalue weighted by molar-refractivity contribution is 0.103. The molecule has 1 aromatic carbocycles. The highest BCUT2D eigenvalue weighted by Gasteiger charge is 2.08. The summed E-state index contributed by atoms with van der Waals surface area (Å²) < 4.78 is 3.63. The van der Waals surface area contributed by atoms with E-state index in [1.165, 1.54) is 6.20 Å². The third-order valence-electron chi connectivity index (χ3n) is 1.86. The molecule has 1 N–H and O–H groups in total. The molecule has 0 spiro atoms. The third-order valence-corrected chi connectivity index (χ3v) is 2.52. The van der Waals surface area contributed by atoms with Crippen molar-refractivity contribution < 1.29 is 4.79 Å². The van der Waals surface area contributed by atoms with Gasteiger partial charge in [0, 0.05) is 5.69 Å². The van der Waals surface area contributed by atoms with Gasteiger partial charge in [-0.3, -0.25) is 4.79 Å². The molecule has 0 atom stereocenters. The standard InChI is InChI=1S/C10H9N3OS/c1-7-3-2-4-8(5-7)12-10(14)9-6-11-13-15-9/h2-6H,1H3,(H,12,14). The highest BCUT2D eigenvalue weighted by atomic mass is 32.1. The van der Waals surface area contributed by atoms with E-state index in [1.54, 1.807) is 0 Å². The quantitative estimate of drug-likeness (QED) is 0.841. The average Bonchev–Trinajstić information content (AvgIpc) is 2.70. The fraction of sp³-hybridized carbons (Fsp3) is 0.100. The Morgan fingerprint density at radius 2 is 2.33 bits per heavy atom. The summed E-state index contributed by atoms with van der Waals surface area (Å²) in [5.74, 6) is -0.171. The van der Waals surface area contributed by atoms with E-state index in [4.69, 9.17) is 0 Å². The minimum absolute atomic E-state index is 0.171. The zero-order chi connectivity index (χ0) is 10.7. The number of amides is 1. The number of carbonyl (C=O) groups is 1. The number of aryl methyl sites for hydroxylation is 1. The molecule has 0 aliphatic heterocycles. The van der Waals surface area contributed by atoms with E-state index in [0.29, 0.717) is 4.88 Å². The number of anilines is 1. The van der Waals surface area contributed by atoms with Crippen molar-refractivity contribution in [1.29, 1.82) is 0 Å². The third kappa shape index (κ3) is 2.38. The molecule has 1 amide bonds. The van der Waals surface area contributed by atoms with Gasteiger partial charge in [0.05, 0.1) is 6.20 Å². The lowest BCUT2D eigenvalue weighted by atomic mass is 10.2. The lowest BCUT2D eigenvalue weighted by Gasteiger charge is -2.03. The Labute approximate surface area is 91.1 Å². The minimum Gasteiger partial charge on any atom is -0.321 e. The average molecular weight is 219 g/mol. The van der Waals surface area contributed by atoms with Crippen LogP contribution in [0.4, 0.5) is 5.69 Å². The first-order valence-corrected chi connectivity index (χ1v) is 5.18. The van der Waals surface area contributed by atoms with Crippen LogP contribution >= 0.6 is 11.5 Å². The van der Waals surface area contributed by atoms with Crippen LogP contribution < -0.4 is 5.32 Å². The first kappa shape index (κ1) is 9.79. The monoisotopic (exact) mass is 219 g/mol. The number of nitrogens with one attached hydrogen (secondary N) is 1. The number of hydrogen-bond donors (Lipinski definition) is 1. The number of nitrogens with zero attached hydrogens (tertiary/aromatic N) is 2. The molecule has 76 valence electrons. The zero-order valence-corrected chi connectivity index (χ0v) is 8.91. The van der Waals surface area contributed by atoms with Gasteiger partial charge in [-0.25, -0.2) is 0 Å². The van der Waals surface area contributed by atoms with Crippen molar-refractivity contribution in [2.75, 3.05) is 5.32 Å². The van der Waals surface area contributed by atoms with E-state index in [0.717, 1.165) is 22.8 Å². The lowest BCUT2D eigenvalue weighted by Crippen LogP contribution is -2.10. The van der Waals surface area contributed by atoms with Crippen LogP contribution in [0.3, 0.4) is 0 Å². The normalized spacial score (nSPS) is 9.93. The van der Waals surface area contributed by atoms with Crippen molar-refractivity contribution >= 4 is 23.1 Å². The molecule has 0 saturated carbocycles. The van der Waals surface area contributed by atoms with Crippen molar-refractivity contribution in [3.8, 4) is 0 Å². The molecule has 1 aromatic heterocycles. The van der Waals surface area contributed by atoms with Crippen LogP contribution in [-0.2, 0) is 0 Å². The molecule has 0 fully saturated rings. The van der Waals surface area contributed by atoms with Gasteiger partial charge in [-0.05, 0) is 36.2 Å². The predicted molar refractivity (Wildman–Crippen MR) is 59.0 cm³/mol. The molecule has 1 heterocycles. The fourth-order valence-corrected chi connectivity index (χ4v) is 1.59. The second-order valence-electron chi connectivity index (χ2n) is 3.11. The SMILES string of the molecule is Cc1cccc(NC(=O)c2cnns2)c1. The summed E-state index contributed by atoms with van der Waals surface area (Å²) in [6, 6.07) is 7.63. The molecule has 15 heavy (non-hydrogen) atoms. The molecule has 0 aliphatic carbocycles. The summed E-state index contributed by atoms with van der Waals surface area (Å²) in [5, 5.41) is 6.39. The topological polar surface area (TPSA) is 54.9 Å². The van der Waals surface area contributed by atoms with Gasteiger partial charge in [-0.15, -0.1) is 5.10 Å². The smallest absolute Gasteiger partial charge is 0.269 e. The number of hydrogen-bond acceptors (Lipinski definition) is 4. The number of benzene rings is 1. The van der Waals surface area contributed by atoms with Crippen LogP contribution in [0.5, 0.6) is 0 Å². The maximum atomic E-state index is 11.6. The summed E-state index contributed by atoms with van der Waals surface area (Å²) in [4.78, 5) is 12.1. The van der Waals surface area contributed by atoms with Gasteiger partial charge in [0.25, 0.3) is 5.91 Å². The Morgan fingerprint density at radius 3 is 3.00 bits per heavy atom. The van der Waals surface area contributed by atoms with Gasteiger partial charge in [-0.2, -0.15) is 0 Å². The van der Waals surface area contributed by atoms with E-state index in [-0.39, 0.29) is 5.91 Å². The highest BCUT2D eigenvalue weighted by Crippen LogP contribution is 2.12. The van der Waals surface area contributed by atoms with Gasteiger partial charge >= 0.3 is 0 Å². The van der Waals surface area contributed by atoms with Crippen LogP contribution in [0.25, 0.3) is 0 Å². The van der Waals surface area contributed by atoms with Gasteiger partial charge in [-0.1, -0.05) is 16.6 Å². The van der Waals surface area contributed by atoms with Crippen LogP contribution in [0, 0.1) is 6.92 Å².